The van der Waals surface area contributed by atoms with Crippen molar-refractivity contribution in [2.45, 2.75) is 12.8 Å². The fourth-order valence-corrected chi connectivity index (χ4v) is 2.95. The molecule has 5 nitrogen and oxygen atoms in total. The molecule has 120 valence electrons. The van der Waals surface area contributed by atoms with Crippen LogP contribution in [-0.2, 0) is 9.59 Å². The van der Waals surface area contributed by atoms with Crippen molar-refractivity contribution in [2.75, 3.05) is 19.7 Å². The number of hydrogen-bond donors (Lipinski definition) is 1. The fraction of sp³-hybridized carbons (Fsp3) is 0.333. The normalized spacial score (nSPS) is 17.4. The minimum atomic E-state index is -0.327. The second kappa shape index (κ2) is 6.69. The third-order valence-corrected chi connectivity index (χ3v) is 4.27. The largest absolute Gasteiger partial charge is 0.492 e. The van der Waals surface area contributed by atoms with Crippen LogP contribution in [0.15, 0.2) is 42.5 Å². The lowest BCUT2D eigenvalue weighted by molar-refractivity contribution is -0.131. The van der Waals surface area contributed by atoms with Gasteiger partial charge in [0.2, 0.25) is 11.8 Å². The number of carbonyl (C=O) groups is 2. The summed E-state index contributed by atoms with van der Waals surface area (Å²) in [5.41, 5.74) is 5.29. The molecule has 23 heavy (non-hydrogen) atoms. The third kappa shape index (κ3) is 3.44. The molecule has 2 aromatic carbocycles. The number of carbonyl (C=O) groups excluding carboxylic acids is 2. The second-order valence-electron chi connectivity index (χ2n) is 5.80. The van der Waals surface area contributed by atoms with Crippen LogP contribution in [0, 0.1) is 5.92 Å². The summed E-state index contributed by atoms with van der Waals surface area (Å²) in [6.07, 6.45) is 0.958. The van der Waals surface area contributed by atoms with Gasteiger partial charge < -0.3 is 15.4 Å². The van der Waals surface area contributed by atoms with Crippen LogP contribution in [0.25, 0.3) is 10.8 Å². The summed E-state index contributed by atoms with van der Waals surface area (Å²) < 4.78 is 5.78. The summed E-state index contributed by atoms with van der Waals surface area (Å²) in [5, 5.41) is 2.15. The van der Waals surface area contributed by atoms with Gasteiger partial charge in [0.25, 0.3) is 0 Å². The van der Waals surface area contributed by atoms with Crippen LogP contribution in [0.1, 0.15) is 12.8 Å². The van der Waals surface area contributed by atoms with Crippen molar-refractivity contribution in [2.24, 2.45) is 11.7 Å². The lowest BCUT2D eigenvalue weighted by Crippen LogP contribution is -2.32. The van der Waals surface area contributed by atoms with Crippen LogP contribution in [0.5, 0.6) is 5.75 Å². The summed E-state index contributed by atoms with van der Waals surface area (Å²) in [7, 11) is 0. The average Bonchev–Trinajstić information content (AvgIpc) is 3.05. The predicted octanol–water partition coefficient (Wildman–Crippen LogP) is 1.94. The van der Waals surface area contributed by atoms with E-state index in [0.29, 0.717) is 32.5 Å². The molecule has 1 heterocycles. The van der Waals surface area contributed by atoms with Gasteiger partial charge in [0, 0.05) is 18.5 Å². The van der Waals surface area contributed by atoms with Gasteiger partial charge in [-0.1, -0.05) is 36.4 Å². The van der Waals surface area contributed by atoms with E-state index >= 15 is 0 Å². The van der Waals surface area contributed by atoms with Gasteiger partial charge in [-0.2, -0.15) is 0 Å². The molecule has 0 radical (unpaired) electrons. The van der Waals surface area contributed by atoms with E-state index in [1.165, 1.54) is 0 Å². The van der Waals surface area contributed by atoms with Crippen molar-refractivity contribution in [3.63, 3.8) is 0 Å². The Hall–Kier alpha value is -2.56. The summed E-state index contributed by atoms with van der Waals surface area (Å²) >= 11 is 0. The Morgan fingerprint density at radius 3 is 2.74 bits per heavy atom. The molecule has 1 fully saturated rings. The van der Waals surface area contributed by atoms with E-state index in [9.17, 15) is 9.59 Å². The van der Waals surface area contributed by atoms with E-state index in [0.717, 1.165) is 16.5 Å². The number of nitrogens with zero attached hydrogens (tertiary/aromatic N) is 1. The highest BCUT2D eigenvalue weighted by Gasteiger charge is 2.29. The second-order valence-corrected chi connectivity index (χ2v) is 5.80. The molecule has 0 bridgehead atoms. The maximum Gasteiger partial charge on any atom is 0.226 e. The van der Waals surface area contributed by atoms with Gasteiger partial charge in [-0.25, -0.2) is 0 Å². The van der Waals surface area contributed by atoms with E-state index in [2.05, 4.69) is 0 Å². The first-order valence-corrected chi connectivity index (χ1v) is 7.83. The number of fused-ring (bicyclic) bond motifs is 1. The number of benzene rings is 2. The van der Waals surface area contributed by atoms with Crippen molar-refractivity contribution in [1.82, 2.24) is 4.90 Å². The number of ether oxygens (including phenoxy) is 1. The van der Waals surface area contributed by atoms with Crippen LogP contribution < -0.4 is 10.5 Å². The van der Waals surface area contributed by atoms with E-state index < -0.39 is 0 Å². The zero-order valence-corrected chi connectivity index (χ0v) is 12.9. The lowest BCUT2D eigenvalue weighted by atomic mass is 10.1. The summed E-state index contributed by atoms with van der Waals surface area (Å²) in [5.74, 6) is 0.256. The number of rotatable bonds is 5. The average molecular weight is 312 g/mol. The summed E-state index contributed by atoms with van der Waals surface area (Å²) in [6.45, 7) is 1.35. The van der Waals surface area contributed by atoms with Crippen LogP contribution >= 0.6 is 0 Å². The van der Waals surface area contributed by atoms with Crippen LogP contribution in [0.2, 0.25) is 0 Å². The van der Waals surface area contributed by atoms with E-state index in [4.69, 9.17) is 10.5 Å². The number of primary amides is 1. The molecule has 1 aliphatic rings. The van der Waals surface area contributed by atoms with Gasteiger partial charge in [0.1, 0.15) is 5.75 Å². The Morgan fingerprint density at radius 1 is 1.17 bits per heavy atom. The molecule has 0 aromatic heterocycles. The Morgan fingerprint density at radius 2 is 1.96 bits per heavy atom. The topological polar surface area (TPSA) is 72.6 Å². The number of nitrogens with two attached hydrogens (primary N) is 1. The number of hydrogen-bond acceptors (Lipinski definition) is 3. The van der Waals surface area contributed by atoms with E-state index in [1.807, 2.05) is 42.5 Å². The highest BCUT2D eigenvalue weighted by atomic mass is 16.5. The van der Waals surface area contributed by atoms with E-state index in [-0.39, 0.29) is 17.7 Å². The Kier molecular flexibility index (Phi) is 4.46. The minimum Gasteiger partial charge on any atom is -0.492 e. The monoisotopic (exact) mass is 312 g/mol. The van der Waals surface area contributed by atoms with Crippen molar-refractivity contribution < 1.29 is 14.3 Å². The SMILES string of the molecule is NC(=O)[C@H]1CCN(C(=O)CCOc2cccc3ccccc23)C1. The van der Waals surface area contributed by atoms with Gasteiger partial charge in [0.15, 0.2) is 0 Å². The molecule has 1 atom stereocenters. The molecule has 0 unspecified atom stereocenters. The van der Waals surface area contributed by atoms with Crippen LogP contribution in [0.3, 0.4) is 0 Å². The molecule has 0 spiro atoms. The molecule has 1 aliphatic heterocycles. The number of amides is 2. The zero-order chi connectivity index (χ0) is 16.2. The molecule has 2 amide bonds. The van der Waals surface area contributed by atoms with Crippen molar-refractivity contribution in [3.8, 4) is 5.75 Å². The molecule has 1 saturated heterocycles. The molecule has 5 heteroatoms. The first kappa shape index (κ1) is 15.3. The standard InChI is InChI=1S/C18H20N2O3/c19-18(22)14-8-10-20(12-14)17(21)9-11-23-16-7-3-5-13-4-1-2-6-15(13)16/h1-7,14H,8-12H2,(H2,19,22)/t14-/m0/s1. The third-order valence-electron chi connectivity index (χ3n) is 4.27. The Balaban J connectivity index is 1.55. The van der Waals surface area contributed by atoms with Crippen molar-refractivity contribution in [3.05, 3.63) is 42.5 Å². The minimum absolute atomic E-state index is 0.00832. The Labute approximate surface area is 135 Å². The molecular formula is C18H20N2O3. The van der Waals surface area contributed by atoms with Gasteiger partial charge in [-0.05, 0) is 17.9 Å². The first-order valence-electron chi connectivity index (χ1n) is 7.83. The first-order chi connectivity index (χ1) is 11.1. The fourth-order valence-electron chi connectivity index (χ4n) is 2.95. The maximum absolute atomic E-state index is 12.2. The highest BCUT2D eigenvalue weighted by Crippen LogP contribution is 2.25. The predicted molar refractivity (Wildman–Crippen MR) is 87.9 cm³/mol. The molecule has 2 N–H and O–H groups in total. The van der Waals surface area contributed by atoms with Crippen molar-refractivity contribution in [1.29, 1.82) is 0 Å². The van der Waals surface area contributed by atoms with Crippen molar-refractivity contribution >= 4 is 22.6 Å². The van der Waals surface area contributed by atoms with Gasteiger partial charge in [-0.3, -0.25) is 9.59 Å². The van der Waals surface area contributed by atoms with Gasteiger partial charge in [-0.15, -0.1) is 0 Å². The Bertz CT molecular complexity index is 724. The molecular weight excluding hydrogens is 292 g/mol. The number of likely N-dealkylation sites (tertiary alicyclic amines) is 1. The zero-order valence-electron chi connectivity index (χ0n) is 12.9. The summed E-state index contributed by atoms with van der Waals surface area (Å²) in [4.78, 5) is 25.0. The molecule has 0 aliphatic carbocycles. The lowest BCUT2D eigenvalue weighted by Gasteiger charge is -2.16. The van der Waals surface area contributed by atoms with Crippen LogP contribution in [-0.4, -0.2) is 36.4 Å². The van der Waals surface area contributed by atoms with Crippen LogP contribution in [0.4, 0.5) is 0 Å². The smallest absolute Gasteiger partial charge is 0.226 e. The maximum atomic E-state index is 12.2. The van der Waals surface area contributed by atoms with Gasteiger partial charge >= 0.3 is 0 Å². The summed E-state index contributed by atoms with van der Waals surface area (Å²) in [6, 6.07) is 13.9. The molecule has 2 aromatic rings. The van der Waals surface area contributed by atoms with Gasteiger partial charge in [0.05, 0.1) is 18.9 Å². The highest BCUT2D eigenvalue weighted by molar-refractivity contribution is 5.88. The molecule has 0 saturated carbocycles. The molecule has 3 rings (SSSR count). The quantitative estimate of drug-likeness (QED) is 0.917. The van der Waals surface area contributed by atoms with E-state index in [1.54, 1.807) is 4.90 Å².